The van der Waals surface area contributed by atoms with Crippen LogP contribution in [0.1, 0.15) is 129 Å². The monoisotopic (exact) mass is 515 g/mol. The van der Waals surface area contributed by atoms with Crippen molar-refractivity contribution in [2.45, 2.75) is 142 Å². The number of nitrogens with one attached hydrogen (secondary N) is 1. The van der Waals surface area contributed by atoms with Gasteiger partial charge in [0.1, 0.15) is 0 Å². The number of carbonyl (C=O) groups excluding carboxylic acids is 1. The third-order valence-electron chi connectivity index (χ3n) is 6.13. The van der Waals surface area contributed by atoms with E-state index in [4.69, 9.17) is 0 Å². The minimum absolute atomic E-state index is 0.287. The predicted octanol–water partition coefficient (Wildman–Crippen LogP) is 6.89. The molecule has 3 N–H and O–H groups in total. The maximum Gasteiger partial charge on any atom is 0.267 e. The lowest BCUT2D eigenvalue weighted by Crippen LogP contribution is -2.46. The van der Waals surface area contributed by atoms with Crippen LogP contribution >= 0.6 is 0 Å². The van der Waals surface area contributed by atoms with Crippen LogP contribution in [0.4, 0.5) is 0 Å². The smallest absolute Gasteiger partial charge is 0.267 e. The molecule has 2 atom stereocenters. The first-order valence-electron chi connectivity index (χ1n) is 14.0. The highest BCUT2D eigenvalue weighted by Gasteiger charge is 2.24. The number of hydrogen-bond donors (Lipinski definition) is 3. The summed E-state index contributed by atoms with van der Waals surface area (Å²) in [5.74, 6) is -1.01. The first-order valence-corrected chi connectivity index (χ1v) is 15.6. The van der Waals surface area contributed by atoms with Crippen molar-refractivity contribution in [1.82, 2.24) is 5.32 Å². The summed E-state index contributed by atoms with van der Waals surface area (Å²) < 4.78 is 32.0. The van der Waals surface area contributed by atoms with Crippen LogP contribution in [-0.4, -0.2) is 41.9 Å². The SMILES string of the molecule is CCCCCCCCC/C=C/CC/C=C/C(O)C(CS(=O)(=O)O)NC(=O)CCCCCCCCC. The fourth-order valence-corrected chi connectivity index (χ4v) is 4.73. The van der Waals surface area contributed by atoms with Crippen molar-refractivity contribution in [2.24, 2.45) is 0 Å². The molecule has 0 aliphatic carbocycles. The first kappa shape index (κ1) is 33.8. The number of carbonyl (C=O) groups is 1. The van der Waals surface area contributed by atoms with Crippen LogP contribution in [0, 0.1) is 0 Å². The van der Waals surface area contributed by atoms with Gasteiger partial charge in [-0.05, 0) is 32.1 Å². The van der Waals surface area contributed by atoms with E-state index in [1.165, 1.54) is 76.7 Å². The summed E-state index contributed by atoms with van der Waals surface area (Å²) in [6.45, 7) is 4.40. The molecule has 2 unspecified atom stereocenters. The van der Waals surface area contributed by atoms with E-state index in [1.807, 2.05) is 0 Å². The van der Waals surface area contributed by atoms with Gasteiger partial charge in [0.2, 0.25) is 5.91 Å². The van der Waals surface area contributed by atoms with Gasteiger partial charge in [-0.2, -0.15) is 8.42 Å². The van der Waals surface area contributed by atoms with Gasteiger partial charge in [-0.25, -0.2) is 0 Å². The predicted molar refractivity (Wildman–Crippen MR) is 147 cm³/mol. The van der Waals surface area contributed by atoms with Crippen molar-refractivity contribution in [3.63, 3.8) is 0 Å². The van der Waals surface area contributed by atoms with E-state index in [-0.39, 0.29) is 12.3 Å². The second-order valence-electron chi connectivity index (χ2n) is 9.67. The molecule has 0 bridgehead atoms. The molecule has 0 aromatic heterocycles. The Balaban J connectivity index is 4.21. The Morgan fingerprint density at radius 2 is 1.23 bits per heavy atom. The average molecular weight is 516 g/mol. The van der Waals surface area contributed by atoms with Crippen LogP contribution in [0.25, 0.3) is 0 Å². The van der Waals surface area contributed by atoms with E-state index in [1.54, 1.807) is 6.08 Å². The van der Waals surface area contributed by atoms with E-state index in [0.717, 1.165) is 38.5 Å². The zero-order valence-corrected chi connectivity index (χ0v) is 23.2. The normalized spacial score (nSPS) is 14.1. The summed E-state index contributed by atoms with van der Waals surface area (Å²) in [6.07, 6.45) is 26.1. The Morgan fingerprint density at radius 1 is 0.743 bits per heavy atom. The maximum atomic E-state index is 12.2. The number of unbranched alkanes of at least 4 members (excludes halogenated alkanes) is 14. The van der Waals surface area contributed by atoms with Crippen molar-refractivity contribution in [3.05, 3.63) is 24.3 Å². The molecule has 0 aromatic carbocycles. The van der Waals surface area contributed by atoms with E-state index in [0.29, 0.717) is 0 Å². The summed E-state index contributed by atoms with van der Waals surface area (Å²) in [7, 11) is -4.33. The first-order chi connectivity index (χ1) is 16.8. The van der Waals surface area contributed by atoms with Crippen molar-refractivity contribution >= 4 is 16.0 Å². The molecule has 0 rings (SSSR count). The van der Waals surface area contributed by atoms with E-state index in [2.05, 4.69) is 31.3 Å². The van der Waals surface area contributed by atoms with Crippen LogP contribution < -0.4 is 5.32 Å². The number of rotatable bonds is 24. The Morgan fingerprint density at radius 3 is 1.80 bits per heavy atom. The zero-order valence-electron chi connectivity index (χ0n) is 22.4. The molecule has 35 heavy (non-hydrogen) atoms. The van der Waals surface area contributed by atoms with Crippen molar-refractivity contribution in [1.29, 1.82) is 0 Å². The number of aliphatic hydroxyl groups is 1. The van der Waals surface area contributed by atoms with Crippen LogP contribution in [0.2, 0.25) is 0 Å². The van der Waals surface area contributed by atoms with Crippen molar-refractivity contribution < 1.29 is 22.9 Å². The summed E-state index contributed by atoms with van der Waals surface area (Å²) in [5.41, 5.74) is 0. The molecule has 0 radical (unpaired) electrons. The largest absolute Gasteiger partial charge is 0.387 e. The molecule has 0 saturated carbocycles. The summed E-state index contributed by atoms with van der Waals surface area (Å²) in [6, 6.07) is -1.06. The topological polar surface area (TPSA) is 104 Å². The van der Waals surface area contributed by atoms with E-state index < -0.39 is 28.0 Å². The molecule has 0 aliphatic heterocycles. The molecule has 0 heterocycles. The van der Waals surface area contributed by atoms with Crippen LogP contribution in [0.5, 0.6) is 0 Å². The second kappa shape index (κ2) is 23.2. The third-order valence-corrected chi connectivity index (χ3v) is 6.91. The molecule has 0 aromatic rings. The molecule has 206 valence electrons. The van der Waals surface area contributed by atoms with Crippen LogP contribution in [0.15, 0.2) is 24.3 Å². The molecule has 0 saturated heterocycles. The standard InChI is InChI=1S/C28H53NO5S/c1-3-5-7-9-11-12-13-14-15-16-18-19-21-23-27(30)26(25-35(32,33)34)29-28(31)24-22-20-17-10-8-6-4-2/h15-16,21,23,26-27,30H,3-14,17-20,22,24-25H2,1-2H3,(H,29,31)(H,32,33,34)/b16-15+,23-21+. The van der Waals surface area contributed by atoms with Gasteiger partial charge >= 0.3 is 0 Å². The molecule has 1 amide bonds. The maximum absolute atomic E-state index is 12.2. The molecule has 6 nitrogen and oxygen atoms in total. The van der Waals surface area contributed by atoms with Crippen molar-refractivity contribution in [3.8, 4) is 0 Å². The second-order valence-corrected chi connectivity index (χ2v) is 11.2. The molecular weight excluding hydrogens is 462 g/mol. The molecule has 0 spiro atoms. The van der Waals surface area contributed by atoms with Gasteiger partial charge in [0.05, 0.1) is 17.9 Å². The highest BCUT2D eigenvalue weighted by atomic mass is 32.2. The molecule has 0 aliphatic rings. The third kappa shape index (κ3) is 24.3. The fraction of sp³-hybridized carbons (Fsp3) is 0.821. The lowest BCUT2D eigenvalue weighted by Gasteiger charge is -2.21. The quantitative estimate of drug-likeness (QED) is 0.0737. The minimum Gasteiger partial charge on any atom is -0.387 e. The van der Waals surface area contributed by atoms with Gasteiger partial charge < -0.3 is 10.4 Å². The Labute approximate surface area is 215 Å². The fourth-order valence-electron chi connectivity index (χ4n) is 3.99. The van der Waals surface area contributed by atoms with E-state index in [9.17, 15) is 22.9 Å². The lowest BCUT2D eigenvalue weighted by molar-refractivity contribution is -0.122. The summed E-state index contributed by atoms with van der Waals surface area (Å²) in [5, 5.41) is 13.0. The van der Waals surface area contributed by atoms with Gasteiger partial charge in [-0.15, -0.1) is 0 Å². The molecule has 7 heteroatoms. The highest BCUT2D eigenvalue weighted by molar-refractivity contribution is 7.85. The Bertz CT molecular complexity index is 660. The zero-order chi connectivity index (χ0) is 26.2. The number of allylic oxidation sites excluding steroid dienone is 3. The number of hydrogen-bond acceptors (Lipinski definition) is 4. The van der Waals surface area contributed by atoms with Gasteiger partial charge in [0.25, 0.3) is 10.1 Å². The summed E-state index contributed by atoms with van der Waals surface area (Å²) >= 11 is 0. The van der Waals surface area contributed by atoms with Crippen LogP contribution in [-0.2, 0) is 14.9 Å². The van der Waals surface area contributed by atoms with Crippen molar-refractivity contribution in [2.75, 3.05) is 5.75 Å². The lowest BCUT2D eigenvalue weighted by atomic mass is 10.1. The highest BCUT2D eigenvalue weighted by Crippen LogP contribution is 2.10. The van der Waals surface area contributed by atoms with Gasteiger partial charge in [0.15, 0.2) is 0 Å². The average Bonchev–Trinajstić information content (AvgIpc) is 2.80. The number of amides is 1. The van der Waals surface area contributed by atoms with Gasteiger partial charge in [0, 0.05) is 6.42 Å². The molecule has 0 fully saturated rings. The van der Waals surface area contributed by atoms with Gasteiger partial charge in [-0.1, -0.05) is 115 Å². The minimum atomic E-state index is -4.33. The van der Waals surface area contributed by atoms with Crippen LogP contribution in [0.3, 0.4) is 0 Å². The number of aliphatic hydroxyl groups excluding tert-OH is 1. The summed E-state index contributed by atoms with van der Waals surface area (Å²) in [4.78, 5) is 12.2. The van der Waals surface area contributed by atoms with Gasteiger partial charge in [-0.3, -0.25) is 9.35 Å². The Hall–Kier alpha value is -1.18. The Kier molecular flexibility index (Phi) is 22.4. The van der Waals surface area contributed by atoms with E-state index >= 15 is 0 Å². The molecular formula is C28H53NO5S.